The molecule has 2 heterocycles. The Labute approximate surface area is 103 Å². The molecule has 0 amide bonds. The summed E-state index contributed by atoms with van der Waals surface area (Å²) in [6.07, 6.45) is 3.39. The number of carbonyl (C=O) groups excluding carboxylic acids is 1. The lowest BCUT2D eigenvalue weighted by Crippen LogP contribution is -2.42. The summed E-state index contributed by atoms with van der Waals surface area (Å²) in [5.74, 6) is 1.66. The van der Waals surface area contributed by atoms with Crippen molar-refractivity contribution in [3.8, 4) is 0 Å². The van der Waals surface area contributed by atoms with Crippen LogP contribution < -0.4 is 4.90 Å². The van der Waals surface area contributed by atoms with Crippen molar-refractivity contribution in [3.63, 3.8) is 0 Å². The highest BCUT2D eigenvalue weighted by Crippen LogP contribution is 2.30. The van der Waals surface area contributed by atoms with Crippen LogP contribution in [-0.4, -0.2) is 28.7 Å². The van der Waals surface area contributed by atoms with Crippen molar-refractivity contribution in [1.82, 2.24) is 9.78 Å². The molecular weight excluding hydrogens is 214 g/mol. The van der Waals surface area contributed by atoms with Crippen LogP contribution in [0.15, 0.2) is 0 Å². The highest BCUT2D eigenvalue weighted by atomic mass is 16.1. The maximum Gasteiger partial charge on any atom is 0.155 e. The summed E-state index contributed by atoms with van der Waals surface area (Å²) in [6, 6.07) is 0.486. The van der Waals surface area contributed by atoms with E-state index < -0.39 is 0 Å². The number of rotatable bonds is 2. The predicted octanol–water partition coefficient (Wildman–Crippen LogP) is 2.17. The van der Waals surface area contributed by atoms with Gasteiger partial charge in [-0.2, -0.15) is 5.10 Å². The SMILES string of the molecule is Cc1nn(C)c(N2CC(C)CCC2C)c1C=O. The average molecular weight is 235 g/mol. The van der Waals surface area contributed by atoms with Gasteiger partial charge in [-0.1, -0.05) is 6.92 Å². The van der Waals surface area contributed by atoms with Gasteiger partial charge in [-0.3, -0.25) is 9.48 Å². The number of aryl methyl sites for hydroxylation is 2. The lowest BCUT2D eigenvalue weighted by atomic mass is 9.95. The van der Waals surface area contributed by atoms with Crippen molar-refractivity contribution in [3.05, 3.63) is 11.3 Å². The third-order valence-electron chi connectivity index (χ3n) is 3.74. The molecule has 94 valence electrons. The van der Waals surface area contributed by atoms with Gasteiger partial charge in [0, 0.05) is 19.6 Å². The molecule has 1 aromatic rings. The number of piperidine rings is 1. The smallest absolute Gasteiger partial charge is 0.155 e. The number of nitrogens with zero attached hydrogens (tertiary/aromatic N) is 3. The van der Waals surface area contributed by atoms with Gasteiger partial charge >= 0.3 is 0 Å². The van der Waals surface area contributed by atoms with Crippen molar-refractivity contribution < 1.29 is 4.79 Å². The molecule has 4 nitrogen and oxygen atoms in total. The maximum atomic E-state index is 11.2. The summed E-state index contributed by atoms with van der Waals surface area (Å²) in [6.45, 7) is 7.40. The fourth-order valence-corrected chi connectivity index (χ4v) is 2.72. The van der Waals surface area contributed by atoms with Crippen LogP contribution in [0.2, 0.25) is 0 Å². The second-order valence-corrected chi connectivity index (χ2v) is 5.25. The van der Waals surface area contributed by atoms with E-state index in [1.54, 1.807) is 0 Å². The molecule has 1 saturated heterocycles. The molecule has 2 atom stereocenters. The zero-order chi connectivity index (χ0) is 12.6. The molecule has 1 aliphatic rings. The molecule has 0 bridgehead atoms. The summed E-state index contributed by atoms with van der Waals surface area (Å²) in [4.78, 5) is 13.5. The summed E-state index contributed by atoms with van der Waals surface area (Å²) in [5, 5.41) is 4.36. The quantitative estimate of drug-likeness (QED) is 0.737. The van der Waals surface area contributed by atoms with E-state index in [0.29, 0.717) is 12.0 Å². The van der Waals surface area contributed by atoms with Crippen LogP contribution in [0.4, 0.5) is 5.82 Å². The van der Waals surface area contributed by atoms with Gasteiger partial charge in [0.2, 0.25) is 0 Å². The first kappa shape index (κ1) is 12.1. The summed E-state index contributed by atoms with van der Waals surface area (Å²) in [5.41, 5.74) is 1.57. The lowest BCUT2D eigenvalue weighted by Gasteiger charge is -2.38. The van der Waals surface area contributed by atoms with Gasteiger partial charge in [-0.05, 0) is 32.6 Å². The second-order valence-electron chi connectivity index (χ2n) is 5.25. The van der Waals surface area contributed by atoms with Crippen LogP contribution >= 0.6 is 0 Å². The van der Waals surface area contributed by atoms with Crippen LogP contribution in [0.3, 0.4) is 0 Å². The van der Waals surface area contributed by atoms with E-state index in [1.807, 2.05) is 18.7 Å². The van der Waals surface area contributed by atoms with E-state index in [4.69, 9.17) is 0 Å². The number of aldehydes is 1. The van der Waals surface area contributed by atoms with Crippen LogP contribution in [-0.2, 0) is 7.05 Å². The number of aromatic nitrogens is 2. The fraction of sp³-hybridized carbons (Fsp3) is 0.692. The largest absolute Gasteiger partial charge is 0.353 e. The predicted molar refractivity (Wildman–Crippen MR) is 68.5 cm³/mol. The highest BCUT2D eigenvalue weighted by molar-refractivity contribution is 5.85. The van der Waals surface area contributed by atoms with Crippen LogP contribution in [0.1, 0.15) is 42.7 Å². The van der Waals surface area contributed by atoms with E-state index >= 15 is 0 Å². The molecule has 1 aliphatic heterocycles. The Balaban J connectivity index is 2.41. The van der Waals surface area contributed by atoms with Gasteiger partial charge in [0.1, 0.15) is 5.82 Å². The normalized spacial score (nSPS) is 25.1. The summed E-state index contributed by atoms with van der Waals surface area (Å²) in [7, 11) is 1.92. The van der Waals surface area contributed by atoms with E-state index in [2.05, 4.69) is 23.8 Å². The van der Waals surface area contributed by atoms with Crippen LogP contribution in [0, 0.1) is 12.8 Å². The molecular formula is C13H21N3O. The Morgan fingerprint density at radius 1 is 1.35 bits per heavy atom. The minimum atomic E-state index is 0.486. The molecule has 1 aromatic heterocycles. The molecule has 17 heavy (non-hydrogen) atoms. The minimum Gasteiger partial charge on any atom is -0.353 e. The second kappa shape index (κ2) is 4.51. The standard InChI is InChI=1S/C13H21N3O/c1-9-5-6-10(2)16(7-9)13-12(8-17)11(3)14-15(13)4/h8-10H,5-7H2,1-4H3. The van der Waals surface area contributed by atoms with E-state index in [-0.39, 0.29) is 0 Å². The molecule has 4 heteroatoms. The molecule has 0 aliphatic carbocycles. The van der Waals surface area contributed by atoms with Gasteiger partial charge < -0.3 is 4.90 Å². The number of carbonyl (C=O) groups is 1. The molecule has 0 spiro atoms. The Morgan fingerprint density at radius 3 is 2.71 bits per heavy atom. The Kier molecular flexibility index (Phi) is 3.22. The lowest BCUT2D eigenvalue weighted by molar-refractivity contribution is 0.112. The van der Waals surface area contributed by atoms with Gasteiger partial charge in [0.25, 0.3) is 0 Å². The van der Waals surface area contributed by atoms with Crippen molar-refractivity contribution in [2.24, 2.45) is 13.0 Å². The number of hydrogen-bond acceptors (Lipinski definition) is 3. The van der Waals surface area contributed by atoms with E-state index in [9.17, 15) is 4.79 Å². The molecule has 2 unspecified atom stereocenters. The van der Waals surface area contributed by atoms with Gasteiger partial charge in [0.05, 0.1) is 11.3 Å². The molecule has 0 aromatic carbocycles. The van der Waals surface area contributed by atoms with Gasteiger partial charge in [-0.15, -0.1) is 0 Å². The summed E-state index contributed by atoms with van der Waals surface area (Å²) < 4.78 is 1.84. The number of anilines is 1. The maximum absolute atomic E-state index is 11.2. The van der Waals surface area contributed by atoms with Crippen LogP contribution in [0.5, 0.6) is 0 Å². The first-order valence-corrected chi connectivity index (χ1v) is 6.30. The molecule has 1 fully saturated rings. The topological polar surface area (TPSA) is 38.1 Å². The molecule has 0 N–H and O–H groups in total. The first-order chi connectivity index (χ1) is 8.04. The number of hydrogen-bond donors (Lipinski definition) is 0. The molecule has 0 saturated carbocycles. The monoisotopic (exact) mass is 235 g/mol. The zero-order valence-electron chi connectivity index (χ0n) is 11.1. The highest BCUT2D eigenvalue weighted by Gasteiger charge is 2.28. The van der Waals surface area contributed by atoms with Crippen molar-refractivity contribution in [2.75, 3.05) is 11.4 Å². The summed E-state index contributed by atoms with van der Waals surface area (Å²) >= 11 is 0. The van der Waals surface area contributed by atoms with Crippen molar-refractivity contribution >= 4 is 12.1 Å². The zero-order valence-corrected chi connectivity index (χ0v) is 11.1. The van der Waals surface area contributed by atoms with E-state index in [1.165, 1.54) is 12.8 Å². The van der Waals surface area contributed by atoms with Gasteiger partial charge in [0.15, 0.2) is 6.29 Å². The third kappa shape index (κ3) is 2.08. The average Bonchev–Trinajstić information content (AvgIpc) is 2.56. The molecule has 0 radical (unpaired) electrons. The van der Waals surface area contributed by atoms with Crippen molar-refractivity contribution in [2.45, 2.75) is 39.7 Å². The van der Waals surface area contributed by atoms with Crippen LogP contribution in [0.25, 0.3) is 0 Å². The third-order valence-corrected chi connectivity index (χ3v) is 3.74. The Bertz CT molecular complexity index is 425. The molecule has 2 rings (SSSR count). The van der Waals surface area contributed by atoms with E-state index in [0.717, 1.165) is 29.9 Å². The Morgan fingerprint density at radius 2 is 2.06 bits per heavy atom. The van der Waals surface area contributed by atoms with Gasteiger partial charge in [-0.25, -0.2) is 0 Å². The first-order valence-electron chi connectivity index (χ1n) is 6.30. The van der Waals surface area contributed by atoms with Crippen molar-refractivity contribution in [1.29, 1.82) is 0 Å². The Hall–Kier alpha value is -1.32. The minimum absolute atomic E-state index is 0.486. The fourth-order valence-electron chi connectivity index (χ4n) is 2.72.